The molecule has 39 heavy (non-hydrogen) atoms. The third-order valence-electron chi connectivity index (χ3n) is 9.23. The van der Waals surface area contributed by atoms with Crippen LogP contribution < -0.4 is 0 Å². The van der Waals surface area contributed by atoms with E-state index in [1.807, 2.05) is 17.0 Å². The van der Waals surface area contributed by atoms with Crippen LogP contribution in [0.3, 0.4) is 0 Å². The van der Waals surface area contributed by atoms with E-state index in [1.165, 1.54) is 12.1 Å². The molecule has 1 aliphatic heterocycles. The summed E-state index contributed by atoms with van der Waals surface area (Å²) in [5, 5.41) is 9.21. The summed E-state index contributed by atoms with van der Waals surface area (Å²) in [7, 11) is 0. The smallest absolute Gasteiger partial charge is 0.426 e. The number of hydrogen-bond acceptors (Lipinski definition) is 3. The van der Waals surface area contributed by atoms with E-state index < -0.39 is 40.4 Å². The van der Waals surface area contributed by atoms with E-state index in [4.69, 9.17) is 0 Å². The van der Waals surface area contributed by atoms with Crippen LogP contribution in [0.4, 0.5) is 22.0 Å². The number of pyridine rings is 1. The highest BCUT2D eigenvalue weighted by Gasteiger charge is 2.56. The van der Waals surface area contributed by atoms with Crippen molar-refractivity contribution in [3.8, 4) is 0 Å². The molecule has 3 unspecified atom stereocenters. The van der Waals surface area contributed by atoms with Crippen LogP contribution in [0.5, 0.6) is 0 Å². The van der Waals surface area contributed by atoms with Crippen molar-refractivity contribution in [1.29, 1.82) is 0 Å². The van der Waals surface area contributed by atoms with Crippen LogP contribution in [0.15, 0.2) is 42.6 Å². The van der Waals surface area contributed by atoms with Crippen LogP contribution in [0.25, 0.3) is 0 Å². The molecule has 5 rings (SSSR count). The lowest BCUT2D eigenvalue weighted by Gasteiger charge is -2.44. The van der Waals surface area contributed by atoms with Gasteiger partial charge in [-0.2, -0.15) is 13.2 Å². The monoisotopic (exact) mass is 550 g/mol. The number of halogens is 5. The molecule has 1 amide bonds. The number of aryl methyl sites for hydroxylation is 1. The molecule has 0 radical (unpaired) electrons. The lowest BCUT2D eigenvalue weighted by atomic mass is 9.64. The topological polar surface area (TPSA) is 70.5 Å². The second-order valence-corrected chi connectivity index (χ2v) is 11.4. The average Bonchev–Trinajstić information content (AvgIpc) is 3.27. The first-order valence-corrected chi connectivity index (χ1v) is 13.3. The van der Waals surface area contributed by atoms with Crippen molar-refractivity contribution in [3.05, 3.63) is 65.0 Å². The number of rotatable bonds is 5. The lowest BCUT2D eigenvalue weighted by Crippen LogP contribution is -2.51. The number of nitrogens with zero attached hydrogens (tertiary/aromatic N) is 2. The molecule has 3 atom stereocenters. The maximum Gasteiger partial charge on any atom is 0.426 e. The Hall–Kier alpha value is -3.04. The van der Waals surface area contributed by atoms with Crippen LogP contribution in [-0.2, 0) is 33.5 Å². The highest BCUT2D eigenvalue weighted by atomic mass is 19.4. The van der Waals surface area contributed by atoms with E-state index >= 15 is 0 Å². The molecular formula is C29H31F5N2O3. The number of benzene rings is 1. The fourth-order valence-electron chi connectivity index (χ4n) is 6.88. The fourth-order valence-corrected chi connectivity index (χ4v) is 6.88. The first kappa shape index (κ1) is 27.5. The highest BCUT2D eigenvalue weighted by Crippen LogP contribution is 2.51. The first-order chi connectivity index (χ1) is 18.3. The minimum absolute atomic E-state index is 0.135. The van der Waals surface area contributed by atoms with E-state index in [0.717, 1.165) is 11.3 Å². The van der Waals surface area contributed by atoms with E-state index in [-0.39, 0.29) is 37.6 Å². The minimum atomic E-state index is -5.06. The largest absolute Gasteiger partial charge is 0.479 e. The zero-order valence-corrected chi connectivity index (χ0v) is 21.6. The van der Waals surface area contributed by atoms with Gasteiger partial charge in [0, 0.05) is 42.2 Å². The quantitative estimate of drug-likeness (QED) is 0.475. The summed E-state index contributed by atoms with van der Waals surface area (Å²) in [6.07, 6.45) is -1.67. The van der Waals surface area contributed by atoms with Gasteiger partial charge in [0.15, 0.2) is 0 Å². The van der Waals surface area contributed by atoms with Gasteiger partial charge >= 0.3 is 12.1 Å². The Balaban J connectivity index is 1.48. The number of hydrogen-bond donors (Lipinski definition) is 1. The lowest BCUT2D eigenvalue weighted by molar-refractivity contribution is -0.228. The molecule has 210 valence electrons. The van der Waals surface area contributed by atoms with Gasteiger partial charge in [-0.25, -0.2) is 13.6 Å². The van der Waals surface area contributed by atoms with Gasteiger partial charge in [-0.3, -0.25) is 9.78 Å². The SMILES string of the molecule is CC(F)(c1ccc2c(c1)CCC1N(C(=O)C3CCC(F)(C(=O)O)CC3)CCC21Cc1ccccn1)C(F)(F)F. The normalized spacial score (nSPS) is 30.3. The van der Waals surface area contributed by atoms with Gasteiger partial charge in [0.2, 0.25) is 17.2 Å². The Labute approximate surface area is 223 Å². The Morgan fingerprint density at radius 3 is 2.41 bits per heavy atom. The Morgan fingerprint density at radius 1 is 1.08 bits per heavy atom. The fraction of sp³-hybridized carbons (Fsp3) is 0.552. The van der Waals surface area contributed by atoms with Gasteiger partial charge in [-0.15, -0.1) is 0 Å². The summed E-state index contributed by atoms with van der Waals surface area (Å²) in [5.74, 6) is -2.12. The van der Waals surface area contributed by atoms with Gasteiger partial charge in [0.1, 0.15) is 0 Å². The molecule has 1 N–H and O–H groups in total. The van der Waals surface area contributed by atoms with E-state index in [1.54, 1.807) is 18.3 Å². The van der Waals surface area contributed by atoms with Crippen molar-refractivity contribution < 1.29 is 36.6 Å². The molecule has 10 heteroatoms. The first-order valence-electron chi connectivity index (χ1n) is 13.3. The third-order valence-corrected chi connectivity index (χ3v) is 9.23. The maximum atomic E-state index is 14.8. The summed E-state index contributed by atoms with van der Waals surface area (Å²) < 4.78 is 69.8. The van der Waals surface area contributed by atoms with E-state index in [9.17, 15) is 36.6 Å². The molecular weight excluding hydrogens is 519 g/mol. The zero-order chi connectivity index (χ0) is 28.2. The predicted molar refractivity (Wildman–Crippen MR) is 132 cm³/mol. The molecule has 0 spiro atoms. The van der Waals surface area contributed by atoms with Crippen molar-refractivity contribution in [2.75, 3.05) is 6.54 Å². The Kier molecular flexibility index (Phi) is 6.74. The summed E-state index contributed by atoms with van der Waals surface area (Å²) in [6, 6.07) is 9.35. The molecule has 0 bridgehead atoms. The summed E-state index contributed by atoms with van der Waals surface area (Å²) >= 11 is 0. The number of aliphatic carboxylic acids is 1. The number of carboxylic acids is 1. The maximum absolute atomic E-state index is 14.8. The standard InChI is InChI=1S/C29H31F5N2O3/c1-26(30,29(32,33)34)20-6-7-22-19(16-20)5-8-23-27(22,17-21-4-2-3-14-35-21)13-15-36(23)24(37)18-9-11-28(31,12-10-18)25(38)39/h2-4,6-7,14,16,18,23H,5,8-13,15,17H2,1H3,(H,38,39). The number of alkyl halides is 5. The number of amides is 1. The number of carbonyl (C=O) groups is 2. The van der Waals surface area contributed by atoms with Crippen LogP contribution in [0, 0.1) is 5.92 Å². The Bertz CT molecular complexity index is 1260. The van der Waals surface area contributed by atoms with E-state index in [2.05, 4.69) is 4.98 Å². The highest BCUT2D eigenvalue weighted by molar-refractivity contribution is 5.82. The van der Waals surface area contributed by atoms with Crippen molar-refractivity contribution in [2.24, 2.45) is 5.92 Å². The summed E-state index contributed by atoms with van der Waals surface area (Å²) in [5.41, 5.74) is -4.65. The number of fused-ring (bicyclic) bond motifs is 3. The van der Waals surface area contributed by atoms with Crippen molar-refractivity contribution in [1.82, 2.24) is 9.88 Å². The van der Waals surface area contributed by atoms with Gasteiger partial charge in [0.05, 0.1) is 0 Å². The number of carbonyl (C=O) groups excluding carboxylic acids is 1. The molecule has 3 aliphatic rings. The molecule has 1 saturated carbocycles. The average molecular weight is 551 g/mol. The van der Waals surface area contributed by atoms with Gasteiger partial charge in [-0.05, 0) is 80.7 Å². The number of likely N-dealkylation sites (tertiary alicyclic amines) is 1. The molecule has 1 saturated heterocycles. The van der Waals surface area contributed by atoms with Gasteiger partial charge in [-0.1, -0.05) is 24.3 Å². The molecule has 5 nitrogen and oxygen atoms in total. The number of carboxylic acid groups (broad SMARTS) is 1. The second-order valence-electron chi connectivity index (χ2n) is 11.4. The predicted octanol–water partition coefficient (Wildman–Crippen LogP) is 5.84. The van der Waals surface area contributed by atoms with Crippen molar-refractivity contribution in [3.63, 3.8) is 0 Å². The van der Waals surface area contributed by atoms with Crippen molar-refractivity contribution in [2.45, 2.75) is 87.3 Å². The summed E-state index contributed by atoms with van der Waals surface area (Å²) in [6.45, 7) is 0.942. The minimum Gasteiger partial charge on any atom is -0.479 e. The molecule has 2 fully saturated rings. The zero-order valence-electron chi connectivity index (χ0n) is 21.6. The van der Waals surface area contributed by atoms with Crippen molar-refractivity contribution >= 4 is 11.9 Å². The molecule has 1 aromatic carbocycles. The number of aromatic nitrogens is 1. The van der Waals surface area contributed by atoms with Gasteiger partial charge < -0.3 is 10.0 Å². The third kappa shape index (κ3) is 4.59. The van der Waals surface area contributed by atoms with Crippen LogP contribution in [0.1, 0.15) is 67.8 Å². The molecule has 2 heterocycles. The molecule has 2 aromatic rings. The van der Waals surface area contributed by atoms with Crippen LogP contribution in [0.2, 0.25) is 0 Å². The van der Waals surface area contributed by atoms with Crippen LogP contribution >= 0.6 is 0 Å². The Morgan fingerprint density at radius 2 is 1.79 bits per heavy atom. The van der Waals surface area contributed by atoms with E-state index in [0.29, 0.717) is 44.7 Å². The van der Waals surface area contributed by atoms with Crippen LogP contribution in [-0.4, -0.2) is 51.3 Å². The van der Waals surface area contributed by atoms with Gasteiger partial charge in [0.25, 0.3) is 0 Å². The molecule has 2 aliphatic carbocycles. The molecule has 1 aromatic heterocycles. The summed E-state index contributed by atoms with van der Waals surface area (Å²) in [4.78, 5) is 31.3. The second kappa shape index (κ2) is 9.55.